The number of alkyl halides is 1. The van der Waals surface area contributed by atoms with Crippen LogP contribution in [0, 0.1) is 23.0 Å². The highest BCUT2D eigenvalue weighted by molar-refractivity contribution is 7.80. The molecule has 2 aromatic carbocycles. The maximum Gasteiger partial charge on any atom is 0.266 e. The summed E-state index contributed by atoms with van der Waals surface area (Å²) in [6, 6.07) is 14.0. The van der Waals surface area contributed by atoms with Gasteiger partial charge in [0.1, 0.15) is 24.0 Å². The molecule has 194 valence electrons. The number of fused-ring (bicyclic) bond motifs is 1. The third-order valence-corrected chi connectivity index (χ3v) is 6.45. The SMILES string of the molecule is C[C@H](c1nc2ccc(F)cn2c(=O)c1-c1ccc(C#N)cc1)N(CCS)C(=O)Cc1ccc(F)c(CF)c1. The third-order valence-electron chi connectivity index (χ3n) is 6.25. The first kappa shape index (κ1) is 26.9. The van der Waals surface area contributed by atoms with Crippen LogP contribution in [-0.2, 0) is 17.9 Å². The van der Waals surface area contributed by atoms with Crippen LogP contribution in [0.3, 0.4) is 0 Å². The molecule has 2 aromatic heterocycles. The minimum atomic E-state index is -0.996. The number of amides is 1. The third kappa shape index (κ3) is 5.43. The number of benzene rings is 2. The lowest BCUT2D eigenvalue weighted by molar-refractivity contribution is -0.132. The van der Waals surface area contributed by atoms with Crippen molar-refractivity contribution in [3.8, 4) is 17.2 Å². The Kier molecular flexibility index (Phi) is 8.17. The minimum absolute atomic E-state index is 0.130. The zero-order chi connectivity index (χ0) is 27.4. The van der Waals surface area contributed by atoms with Gasteiger partial charge in [0, 0.05) is 24.1 Å². The number of thiol groups is 1. The van der Waals surface area contributed by atoms with Crippen LogP contribution in [0.1, 0.15) is 35.3 Å². The molecule has 0 N–H and O–H groups in total. The molecule has 2 heterocycles. The summed E-state index contributed by atoms with van der Waals surface area (Å²) in [5.41, 5.74) is 1.24. The zero-order valence-corrected chi connectivity index (χ0v) is 21.3. The maximum atomic E-state index is 14.0. The van der Waals surface area contributed by atoms with Crippen molar-refractivity contribution < 1.29 is 18.0 Å². The highest BCUT2D eigenvalue weighted by atomic mass is 32.1. The molecule has 0 aliphatic rings. The molecule has 0 fully saturated rings. The molecule has 4 rings (SSSR count). The van der Waals surface area contributed by atoms with E-state index in [2.05, 4.69) is 17.6 Å². The van der Waals surface area contributed by atoms with Crippen LogP contribution in [0.4, 0.5) is 13.2 Å². The molecular weight excluding hydrogens is 513 g/mol. The van der Waals surface area contributed by atoms with E-state index in [0.29, 0.717) is 22.4 Å². The molecule has 1 amide bonds. The number of carbonyl (C=O) groups excluding carboxylic acids is 1. The van der Waals surface area contributed by atoms with Crippen LogP contribution in [0.2, 0.25) is 0 Å². The van der Waals surface area contributed by atoms with Gasteiger partial charge in [-0.1, -0.05) is 18.2 Å². The lowest BCUT2D eigenvalue weighted by atomic mass is 9.99. The Labute approximate surface area is 222 Å². The van der Waals surface area contributed by atoms with Gasteiger partial charge in [0.15, 0.2) is 0 Å². The molecule has 1 atom stereocenters. The lowest BCUT2D eigenvalue weighted by Crippen LogP contribution is -2.38. The van der Waals surface area contributed by atoms with E-state index < -0.39 is 29.9 Å². The fraction of sp³-hybridized carbons (Fsp3) is 0.214. The second-order valence-electron chi connectivity index (χ2n) is 8.66. The Morgan fingerprint density at radius 2 is 1.89 bits per heavy atom. The van der Waals surface area contributed by atoms with Gasteiger partial charge in [0.2, 0.25) is 5.91 Å². The van der Waals surface area contributed by atoms with Crippen LogP contribution in [0.5, 0.6) is 0 Å². The van der Waals surface area contributed by atoms with Gasteiger partial charge in [-0.05, 0) is 54.4 Å². The zero-order valence-electron chi connectivity index (χ0n) is 20.4. The van der Waals surface area contributed by atoms with E-state index in [1.807, 2.05) is 6.07 Å². The molecule has 0 aliphatic carbocycles. The summed E-state index contributed by atoms with van der Waals surface area (Å²) in [6.45, 7) is 0.926. The summed E-state index contributed by atoms with van der Waals surface area (Å²) in [6.07, 6.45) is 0.912. The first-order valence-electron chi connectivity index (χ1n) is 11.7. The van der Waals surface area contributed by atoms with E-state index in [1.54, 1.807) is 31.2 Å². The predicted molar refractivity (Wildman–Crippen MR) is 140 cm³/mol. The highest BCUT2D eigenvalue weighted by Crippen LogP contribution is 2.29. The second-order valence-corrected chi connectivity index (χ2v) is 9.11. The van der Waals surface area contributed by atoms with Gasteiger partial charge in [-0.25, -0.2) is 18.2 Å². The molecule has 0 saturated heterocycles. The van der Waals surface area contributed by atoms with Crippen molar-refractivity contribution in [2.24, 2.45) is 0 Å². The van der Waals surface area contributed by atoms with Crippen molar-refractivity contribution in [2.75, 3.05) is 12.3 Å². The fourth-order valence-corrected chi connectivity index (χ4v) is 4.54. The maximum absolute atomic E-state index is 14.0. The van der Waals surface area contributed by atoms with Gasteiger partial charge < -0.3 is 4.90 Å². The van der Waals surface area contributed by atoms with Crippen LogP contribution < -0.4 is 5.56 Å². The quantitative estimate of drug-likeness (QED) is 0.320. The first-order chi connectivity index (χ1) is 18.3. The van der Waals surface area contributed by atoms with Gasteiger partial charge in [-0.2, -0.15) is 17.9 Å². The standard InChI is InChI=1S/C28H23F3N4O2S/c1-17(34(10-11-38)25(36)13-19-4-8-23(31)21(12-19)14-29)27-26(20-5-2-18(15-32)3-6-20)28(37)35-16-22(30)7-9-24(35)33-27/h2-9,12,16-17,38H,10-11,13-14H2,1H3/t17-/m1/s1. The van der Waals surface area contributed by atoms with Gasteiger partial charge in [-0.15, -0.1) is 0 Å². The van der Waals surface area contributed by atoms with E-state index in [0.717, 1.165) is 16.7 Å². The molecule has 38 heavy (non-hydrogen) atoms. The summed E-state index contributed by atoms with van der Waals surface area (Å²) in [4.78, 5) is 33.2. The van der Waals surface area contributed by atoms with E-state index in [1.165, 1.54) is 29.2 Å². The number of halogens is 3. The number of pyridine rings is 1. The molecule has 10 heteroatoms. The van der Waals surface area contributed by atoms with Crippen molar-refractivity contribution in [2.45, 2.75) is 26.1 Å². The van der Waals surface area contributed by atoms with Crippen molar-refractivity contribution in [1.29, 1.82) is 5.26 Å². The summed E-state index contributed by atoms with van der Waals surface area (Å²) in [5, 5.41) is 9.17. The molecule has 4 aromatic rings. The first-order valence-corrected chi connectivity index (χ1v) is 12.4. The van der Waals surface area contributed by atoms with Crippen LogP contribution in [0.15, 0.2) is 65.6 Å². The topological polar surface area (TPSA) is 78.5 Å². The summed E-state index contributed by atoms with van der Waals surface area (Å²) in [5.74, 6) is -1.35. The largest absolute Gasteiger partial charge is 0.333 e. The number of rotatable bonds is 8. The molecule has 0 spiro atoms. The monoisotopic (exact) mass is 536 g/mol. The van der Waals surface area contributed by atoms with Gasteiger partial charge >= 0.3 is 0 Å². The summed E-state index contributed by atoms with van der Waals surface area (Å²) >= 11 is 4.29. The predicted octanol–water partition coefficient (Wildman–Crippen LogP) is 5.04. The molecular formula is C28H23F3N4O2S. The van der Waals surface area contributed by atoms with Gasteiger partial charge in [0.05, 0.1) is 35.4 Å². The minimum Gasteiger partial charge on any atom is -0.333 e. The molecule has 0 bridgehead atoms. The fourth-order valence-electron chi connectivity index (χ4n) is 4.32. The van der Waals surface area contributed by atoms with Crippen molar-refractivity contribution in [3.63, 3.8) is 0 Å². The number of hydrogen-bond donors (Lipinski definition) is 1. The number of aromatic nitrogens is 2. The average Bonchev–Trinajstić information content (AvgIpc) is 2.92. The van der Waals surface area contributed by atoms with Crippen LogP contribution >= 0.6 is 12.6 Å². The van der Waals surface area contributed by atoms with E-state index in [4.69, 9.17) is 5.26 Å². The molecule has 0 radical (unpaired) electrons. The second kappa shape index (κ2) is 11.5. The Balaban J connectivity index is 1.82. The van der Waals surface area contributed by atoms with Crippen molar-refractivity contribution in [1.82, 2.24) is 14.3 Å². The van der Waals surface area contributed by atoms with Crippen LogP contribution in [0.25, 0.3) is 16.8 Å². The smallest absolute Gasteiger partial charge is 0.266 e. The Morgan fingerprint density at radius 1 is 1.16 bits per heavy atom. The molecule has 0 unspecified atom stereocenters. The number of nitrogens with zero attached hydrogens (tertiary/aromatic N) is 4. The Morgan fingerprint density at radius 3 is 2.55 bits per heavy atom. The van der Waals surface area contributed by atoms with Gasteiger partial charge in [-0.3, -0.25) is 14.0 Å². The van der Waals surface area contributed by atoms with Crippen molar-refractivity contribution >= 4 is 24.2 Å². The number of carbonyl (C=O) groups is 1. The molecule has 6 nitrogen and oxygen atoms in total. The normalized spacial score (nSPS) is 11.8. The lowest BCUT2D eigenvalue weighted by Gasteiger charge is -2.30. The summed E-state index contributed by atoms with van der Waals surface area (Å²) < 4.78 is 42.0. The van der Waals surface area contributed by atoms with E-state index in [9.17, 15) is 22.8 Å². The Bertz CT molecular complexity index is 1600. The molecule has 0 aliphatic heterocycles. The Hall–Kier alpha value is -4.10. The number of hydrogen-bond acceptors (Lipinski definition) is 5. The van der Waals surface area contributed by atoms with Gasteiger partial charge in [0.25, 0.3) is 5.56 Å². The average molecular weight is 537 g/mol. The van der Waals surface area contributed by atoms with Crippen LogP contribution in [-0.4, -0.2) is 32.5 Å². The van der Waals surface area contributed by atoms with E-state index >= 15 is 0 Å². The van der Waals surface area contributed by atoms with Crippen molar-refractivity contribution in [3.05, 3.63) is 105 Å². The highest BCUT2D eigenvalue weighted by Gasteiger charge is 2.27. The summed E-state index contributed by atoms with van der Waals surface area (Å²) in [7, 11) is 0. The molecule has 0 saturated carbocycles. The number of nitriles is 1. The van der Waals surface area contributed by atoms with E-state index in [-0.39, 0.29) is 41.3 Å².